The fourth-order valence-electron chi connectivity index (χ4n) is 4.51. The number of nitrogens with one attached hydrogen (secondary N) is 1. The van der Waals surface area contributed by atoms with Gasteiger partial charge in [-0.15, -0.1) is 10.2 Å². The second-order valence-electron chi connectivity index (χ2n) is 7.06. The first-order chi connectivity index (χ1) is 11.7. The van der Waals surface area contributed by atoms with E-state index in [1.54, 1.807) is 0 Å². The lowest BCUT2D eigenvalue weighted by molar-refractivity contribution is -0.124. The maximum Gasteiger partial charge on any atom is 0.235 e. The fourth-order valence-corrected chi connectivity index (χ4v) is 4.51. The van der Waals surface area contributed by atoms with Crippen LogP contribution in [-0.2, 0) is 23.2 Å². The molecule has 1 aromatic carbocycles. The normalized spacial score (nSPS) is 24.2. The van der Waals surface area contributed by atoms with Crippen molar-refractivity contribution < 1.29 is 9.21 Å². The van der Waals surface area contributed by atoms with Crippen molar-refractivity contribution in [2.45, 2.75) is 57.4 Å². The smallest absolute Gasteiger partial charge is 0.235 e. The third-order valence-corrected chi connectivity index (χ3v) is 5.81. The highest BCUT2D eigenvalue weighted by molar-refractivity contribution is 5.93. The van der Waals surface area contributed by atoms with Crippen molar-refractivity contribution in [1.82, 2.24) is 15.5 Å². The molecular weight excluding hydrogens is 302 g/mol. The Morgan fingerprint density at radius 3 is 2.54 bits per heavy atom. The van der Waals surface area contributed by atoms with Crippen molar-refractivity contribution >= 4 is 5.91 Å². The molecule has 1 amide bonds. The topological polar surface area (TPSA) is 68.0 Å². The van der Waals surface area contributed by atoms with Crippen LogP contribution in [0, 0.1) is 5.41 Å². The van der Waals surface area contributed by atoms with Crippen LogP contribution in [0.25, 0.3) is 0 Å². The number of aromatic nitrogens is 2. The summed E-state index contributed by atoms with van der Waals surface area (Å²) in [5.41, 5.74) is 0.921. The molecule has 0 bridgehead atoms. The number of amides is 1. The molecule has 2 saturated carbocycles. The molecule has 5 heteroatoms. The quantitative estimate of drug-likeness (QED) is 0.917. The van der Waals surface area contributed by atoms with Crippen LogP contribution in [0.1, 0.15) is 56.4 Å². The fraction of sp³-hybridized carbons (Fsp3) is 0.526. The van der Waals surface area contributed by atoms with Gasteiger partial charge in [-0.05, 0) is 30.2 Å². The molecule has 126 valence electrons. The van der Waals surface area contributed by atoms with Gasteiger partial charge in [-0.2, -0.15) is 0 Å². The minimum Gasteiger partial charge on any atom is -0.423 e. The number of hydrogen-bond acceptors (Lipinski definition) is 4. The zero-order chi connectivity index (χ0) is 16.6. The third kappa shape index (κ3) is 2.26. The molecule has 1 aromatic heterocycles. The number of aryl methyl sites for hydroxylation is 1. The lowest BCUT2D eigenvalue weighted by Crippen LogP contribution is -2.38. The Labute approximate surface area is 141 Å². The first kappa shape index (κ1) is 15.4. The average molecular weight is 325 g/mol. The predicted molar refractivity (Wildman–Crippen MR) is 89.2 cm³/mol. The number of carbonyl (C=O) groups is 1. The molecule has 0 aliphatic heterocycles. The van der Waals surface area contributed by atoms with Gasteiger partial charge in [-0.1, -0.05) is 50.1 Å². The Balaban J connectivity index is 1.55. The minimum absolute atomic E-state index is 0.104. The number of hydrogen-bond donors (Lipinski definition) is 1. The molecule has 0 unspecified atom stereocenters. The summed E-state index contributed by atoms with van der Waals surface area (Å²) in [6.07, 6.45) is 6.42. The average Bonchev–Trinajstić information content (AvgIpc) is 2.96. The van der Waals surface area contributed by atoms with E-state index in [2.05, 4.69) is 27.6 Å². The monoisotopic (exact) mass is 325 g/mol. The van der Waals surface area contributed by atoms with Crippen LogP contribution in [0.2, 0.25) is 0 Å². The maximum atomic E-state index is 13.1. The van der Waals surface area contributed by atoms with Gasteiger partial charge in [0, 0.05) is 6.42 Å². The zero-order valence-electron chi connectivity index (χ0n) is 14.0. The van der Waals surface area contributed by atoms with Gasteiger partial charge in [0.15, 0.2) is 0 Å². The zero-order valence-corrected chi connectivity index (χ0v) is 14.0. The Morgan fingerprint density at radius 1 is 1.17 bits per heavy atom. The second-order valence-corrected chi connectivity index (χ2v) is 7.06. The summed E-state index contributed by atoms with van der Waals surface area (Å²) >= 11 is 0. The summed E-state index contributed by atoms with van der Waals surface area (Å²) in [5, 5.41) is 11.0. The predicted octanol–water partition coefficient (Wildman–Crippen LogP) is 3.15. The van der Waals surface area contributed by atoms with Gasteiger partial charge in [0.2, 0.25) is 17.7 Å². The first-order valence-corrected chi connectivity index (χ1v) is 8.85. The number of benzene rings is 1. The molecule has 0 radical (unpaired) electrons. The molecule has 4 rings (SSSR count). The number of carbonyl (C=O) groups excluding carboxylic acids is 1. The molecule has 24 heavy (non-hydrogen) atoms. The lowest BCUT2D eigenvalue weighted by atomic mass is 9.84. The van der Waals surface area contributed by atoms with E-state index >= 15 is 0 Å². The Morgan fingerprint density at radius 2 is 1.88 bits per heavy atom. The molecule has 0 saturated heterocycles. The molecule has 5 nitrogen and oxygen atoms in total. The van der Waals surface area contributed by atoms with E-state index in [0.717, 1.165) is 24.8 Å². The molecule has 1 N–H and O–H groups in total. The van der Waals surface area contributed by atoms with Crippen LogP contribution < -0.4 is 5.32 Å². The summed E-state index contributed by atoms with van der Waals surface area (Å²) in [6.45, 7) is 2.27. The summed E-state index contributed by atoms with van der Waals surface area (Å²) in [7, 11) is 0. The highest BCUT2D eigenvalue weighted by Crippen LogP contribution is 2.72. The lowest BCUT2D eigenvalue weighted by Gasteiger charge is -2.22. The maximum absolute atomic E-state index is 13.1. The molecule has 2 fully saturated rings. The molecular formula is C19H23N3O2. The van der Waals surface area contributed by atoms with Crippen molar-refractivity contribution in [3.8, 4) is 0 Å². The standard InChI is InChI=1S/C19H23N3O2/c1-2-15-21-22-16(24-15)12-20-17(23)19(14-8-4-3-5-9-14)13-18(19)10-6-7-11-18/h3-5,8-9H,2,6-7,10-13H2,1H3,(H,20,23)/t19-/m1/s1. The Bertz CT molecular complexity index is 734. The van der Waals surface area contributed by atoms with Crippen LogP contribution >= 0.6 is 0 Å². The van der Waals surface area contributed by atoms with Crippen molar-refractivity contribution in [3.63, 3.8) is 0 Å². The van der Waals surface area contributed by atoms with E-state index in [-0.39, 0.29) is 16.7 Å². The number of rotatable bonds is 5. The SMILES string of the molecule is CCc1nnc(CNC(=O)[C@]2(c3ccccc3)CC23CCCC3)o1. The van der Waals surface area contributed by atoms with E-state index in [1.807, 2.05) is 25.1 Å². The molecule has 2 aromatic rings. The van der Waals surface area contributed by atoms with E-state index in [9.17, 15) is 4.79 Å². The van der Waals surface area contributed by atoms with E-state index in [0.29, 0.717) is 24.7 Å². The Kier molecular flexibility index (Phi) is 3.66. The molecule has 1 spiro atoms. The first-order valence-electron chi connectivity index (χ1n) is 8.85. The summed E-state index contributed by atoms with van der Waals surface area (Å²) in [6, 6.07) is 10.2. The summed E-state index contributed by atoms with van der Waals surface area (Å²) < 4.78 is 5.50. The number of nitrogens with zero attached hydrogens (tertiary/aromatic N) is 2. The van der Waals surface area contributed by atoms with Crippen LogP contribution in [0.3, 0.4) is 0 Å². The Hall–Kier alpha value is -2.17. The van der Waals surface area contributed by atoms with E-state index < -0.39 is 0 Å². The highest BCUT2D eigenvalue weighted by Gasteiger charge is 2.72. The van der Waals surface area contributed by atoms with Crippen LogP contribution in [0.5, 0.6) is 0 Å². The van der Waals surface area contributed by atoms with Gasteiger partial charge in [0.1, 0.15) is 0 Å². The van der Waals surface area contributed by atoms with Crippen molar-refractivity contribution in [2.24, 2.45) is 5.41 Å². The molecule has 1 heterocycles. The summed E-state index contributed by atoms with van der Waals surface area (Å²) in [5.74, 6) is 1.19. The molecule has 2 aliphatic rings. The largest absolute Gasteiger partial charge is 0.423 e. The van der Waals surface area contributed by atoms with Gasteiger partial charge in [0.05, 0.1) is 12.0 Å². The summed E-state index contributed by atoms with van der Waals surface area (Å²) in [4.78, 5) is 13.1. The van der Waals surface area contributed by atoms with Crippen molar-refractivity contribution in [2.75, 3.05) is 0 Å². The van der Waals surface area contributed by atoms with Crippen molar-refractivity contribution in [1.29, 1.82) is 0 Å². The third-order valence-electron chi connectivity index (χ3n) is 5.81. The van der Waals surface area contributed by atoms with Gasteiger partial charge < -0.3 is 9.73 Å². The second kappa shape index (κ2) is 5.72. The minimum atomic E-state index is -0.377. The van der Waals surface area contributed by atoms with Crippen LogP contribution in [0.15, 0.2) is 34.7 Å². The van der Waals surface area contributed by atoms with Gasteiger partial charge >= 0.3 is 0 Å². The van der Waals surface area contributed by atoms with Crippen molar-refractivity contribution in [3.05, 3.63) is 47.7 Å². The molecule has 1 atom stereocenters. The van der Waals surface area contributed by atoms with Crippen LogP contribution in [-0.4, -0.2) is 16.1 Å². The van der Waals surface area contributed by atoms with E-state index in [1.165, 1.54) is 12.8 Å². The van der Waals surface area contributed by atoms with Gasteiger partial charge in [0.25, 0.3) is 0 Å². The van der Waals surface area contributed by atoms with Gasteiger partial charge in [-0.3, -0.25) is 4.79 Å². The molecule has 2 aliphatic carbocycles. The van der Waals surface area contributed by atoms with E-state index in [4.69, 9.17) is 4.42 Å². The van der Waals surface area contributed by atoms with Crippen LogP contribution in [0.4, 0.5) is 0 Å². The highest BCUT2D eigenvalue weighted by atomic mass is 16.4. The van der Waals surface area contributed by atoms with Gasteiger partial charge in [-0.25, -0.2) is 0 Å².